The number of rotatable bonds is 6. The van der Waals surface area contributed by atoms with E-state index in [1.807, 2.05) is 0 Å². The molecule has 10 heteroatoms. The Bertz CT molecular complexity index is 865. The number of carbonyl (C=O) groups excluding carboxylic acids is 1. The lowest BCUT2D eigenvalue weighted by molar-refractivity contribution is -0.137. The number of hydrogen-bond donors (Lipinski definition) is 2. The molecule has 0 bridgehead atoms. The van der Waals surface area contributed by atoms with Crippen LogP contribution in [0, 0.1) is 0 Å². The monoisotopic (exact) mass is 416 g/mol. The van der Waals surface area contributed by atoms with Crippen molar-refractivity contribution in [3.05, 3.63) is 65.7 Å². The van der Waals surface area contributed by atoms with Crippen LogP contribution in [0.5, 0.6) is 5.75 Å². The first-order chi connectivity index (χ1) is 12.8. The van der Waals surface area contributed by atoms with Crippen molar-refractivity contribution in [1.29, 1.82) is 0 Å². The molecule has 0 aliphatic heterocycles. The highest BCUT2D eigenvalue weighted by Crippen LogP contribution is 2.48. The predicted molar refractivity (Wildman–Crippen MR) is 97.2 cm³/mol. The van der Waals surface area contributed by atoms with Crippen LogP contribution in [-0.2, 0) is 22.1 Å². The molecule has 152 valence electrons. The third kappa shape index (κ3) is 5.58. The molecule has 0 fully saturated rings. The van der Waals surface area contributed by atoms with Crippen molar-refractivity contribution in [3.63, 3.8) is 0 Å². The van der Waals surface area contributed by atoms with Gasteiger partial charge in [0.1, 0.15) is 5.75 Å². The van der Waals surface area contributed by atoms with Crippen molar-refractivity contribution >= 4 is 13.7 Å². The molecule has 2 rings (SSSR count). The van der Waals surface area contributed by atoms with Gasteiger partial charge in [-0.05, 0) is 43.7 Å². The summed E-state index contributed by atoms with van der Waals surface area (Å²) >= 11 is 0. The van der Waals surface area contributed by atoms with Gasteiger partial charge in [0, 0.05) is 0 Å². The van der Waals surface area contributed by atoms with Crippen LogP contribution in [0.1, 0.15) is 25.0 Å². The summed E-state index contributed by atoms with van der Waals surface area (Å²) in [6, 6.07) is 11.6. The average Bonchev–Trinajstić information content (AvgIpc) is 2.58. The highest BCUT2D eigenvalue weighted by molar-refractivity contribution is 7.51. The molecule has 1 atom stereocenters. The van der Waals surface area contributed by atoms with Crippen LogP contribution in [0.15, 0.2) is 54.6 Å². The van der Waals surface area contributed by atoms with E-state index >= 15 is 0 Å². The van der Waals surface area contributed by atoms with Gasteiger partial charge in [-0.25, -0.2) is 9.24 Å². The molecule has 1 amide bonds. The van der Waals surface area contributed by atoms with E-state index in [-0.39, 0.29) is 12.3 Å². The van der Waals surface area contributed by atoms with Crippen molar-refractivity contribution in [2.75, 3.05) is 0 Å². The zero-order chi connectivity index (χ0) is 21.2. The van der Waals surface area contributed by atoms with Crippen LogP contribution in [0.4, 0.5) is 13.2 Å². The maximum Gasteiger partial charge on any atom is 0.489 e. The van der Waals surface area contributed by atoms with Gasteiger partial charge in [-0.2, -0.15) is 13.2 Å². The van der Waals surface area contributed by atoms with Gasteiger partial charge in [-0.3, -0.25) is 9.69 Å². The minimum absolute atomic E-state index is 0.269. The van der Waals surface area contributed by atoms with Gasteiger partial charge in [-0.1, -0.05) is 30.3 Å². The summed E-state index contributed by atoms with van der Waals surface area (Å²) in [5.74, 6) is -1.14. The van der Waals surface area contributed by atoms with Crippen molar-refractivity contribution in [1.82, 2.24) is 4.67 Å². The van der Waals surface area contributed by atoms with Crippen molar-refractivity contribution < 1.29 is 31.9 Å². The number of hydrogen-bond acceptors (Lipinski definition) is 4. The normalized spacial score (nSPS) is 14.2. The SMILES string of the molecule is CC(C)(N)C(=O)N(Cc1ccccc1)P(=O)(O)Oc1ccc(C(F)(F)F)cc1. The van der Waals surface area contributed by atoms with Gasteiger partial charge < -0.3 is 10.3 Å². The van der Waals surface area contributed by atoms with Gasteiger partial charge in [0.05, 0.1) is 17.6 Å². The third-order valence-corrected chi connectivity index (χ3v) is 5.05. The summed E-state index contributed by atoms with van der Waals surface area (Å²) in [5.41, 5.74) is 3.92. The number of nitrogens with two attached hydrogens (primary N) is 1. The van der Waals surface area contributed by atoms with Gasteiger partial charge in [0.25, 0.3) is 5.91 Å². The molecule has 3 N–H and O–H groups in total. The van der Waals surface area contributed by atoms with E-state index in [9.17, 15) is 27.4 Å². The van der Waals surface area contributed by atoms with Crippen molar-refractivity contribution in [3.8, 4) is 5.75 Å². The van der Waals surface area contributed by atoms with Gasteiger partial charge >= 0.3 is 13.9 Å². The number of carbonyl (C=O) groups is 1. The fourth-order valence-corrected chi connectivity index (χ4v) is 3.58. The lowest BCUT2D eigenvalue weighted by Gasteiger charge is -2.31. The van der Waals surface area contributed by atoms with Crippen LogP contribution < -0.4 is 10.3 Å². The Labute approximate surface area is 160 Å². The minimum Gasteiger partial charge on any atom is -0.409 e. The Hall–Kier alpha value is -2.35. The molecular formula is C18H20F3N2O4P. The second-order valence-corrected chi connectivity index (χ2v) is 8.32. The number of amides is 1. The fourth-order valence-electron chi connectivity index (χ4n) is 2.26. The maximum absolute atomic E-state index is 12.8. The molecule has 2 aromatic rings. The number of benzene rings is 2. The first-order valence-corrected chi connectivity index (χ1v) is 9.68. The van der Waals surface area contributed by atoms with E-state index < -0.39 is 30.9 Å². The Balaban J connectivity index is 2.32. The largest absolute Gasteiger partial charge is 0.489 e. The summed E-state index contributed by atoms with van der Waals surface area (Å²) in [6.07, 6.45) is -4.56. The van der Waals surface area contributed by atoms with E-state index in [0.29, 0.717) is 22.4 Å². The lowest BCUT2D eigenvalue weighted by atomic mass is 10.1. The van der Waals surface area contributed by atoms with Crippen LogP contribution >= 0.6 is 7.75 Å². The number of nitrogens with zero attached hydrogens (tertiary/aromatic N) is 1. The second kappa shape index (κ2) is 7.95. The van der Waals surface area contributed by atoms with Crippen LogP contribution in [0.2, 0.25) is 0 Å². The standard InChI is InChI=1S/C18H20F3N2O4P/c1-17(2,22)16(24)23(12-13-6-4-3-5-7-13)28(25,26)27-15-10-8-14(9-11-15)18(19,20)21/h3-11H,12,22H2,1-2H3,(H,25,26). The van der Waals surface area contributed by atoms with E-state index in [1.54, 1.807) is 30.3 Å². The molecular weight excluding hydrogens is 396 g/mol. The van der Waals surface area contributed by atoms with Crippen molar-refractivity contribution in [2.45, 2.75) is 32.1 Å². The molecule has 6 nitrogen and oxygen atoms in total. The Morgan fingerprint density at radius 3 is 2.11 bits per heavy atom. The summed E-state index contributed by atoms with van der Waals surface area (Å²) in [5, 5.41) is 0. The van der Waals surface area contributed by atoms with E-state index in [0.717, 1.165) is 12.1 Å². The highest BCUT2D eigenvalue weighted by Gasteiger charge is 2.41. The molecule has 0 aliphatic carbocycles. The minimum atomic E-state index is -4.78. The zero-order valence-corrected chi connectivity index (χ0v) is 16.1. The van der Waals surface area contributed by atoms with E-state index in [2.05, 4.69) is 0 Å². The average molecular weight is 416 g/mol. The quantitative estimate of drug-likeness (QED) is 0.696. The van der Waals surface area contributed by atoms with Gasteiger partial charge in [0.2, 0.25) is 0 Å². The molecule has 0 aliphatic rings. The number of halogens is 3. The molecule has 0 heterocycles. The molecule has 28 heavy (non-hydrogen) atoms. The molecule has 0 aromatic heterocycles. The molecule has 2 aromatic carbocycles. The Morgan fingerprint density at radius 1 is 1.11 bits per heavy atom. The third-order valence-electron chi connectivity index (χ3n) is 3.67. The summed E-state index contributed by atoms with van der Waals surface area (Å²) in [6.45, 7) is 2.46. The zero-order valence-electron chi connectivity index (χ0n) is 15.2. The summed E-state index contributed by atoms with van der Waals surface area (Å²) in [7, 11) is -4.78. The smallest absolute Gasteiger partial charge is 0.409 e. The van der Waals surface area contributed by atoms with Crippen LogP contribution in [-0.4, -0.2) is 21.0 Å². The van der Waals surface area contributed by atoms with Gasteiger partial charge in [0.15, 0.2) is 0 Å². The first kappa shape index (κ1) is 21.9. The van der Waals surface area contributed by atoms with Crippen molar-refractivity contribution in [2.24, 2.45) is 5.73 Å². The lowest BCUT2D eigenvalue weighted by Crippen LogP contribution is -2.50. The maximum atomic E-state index is 12.8. The predicted octanol–water partition coefficient (Wildman–Crippen LogP) is 3.95. The van der Waals surface area contributed by atoms with Crippen LogP contribution in [0.25, 0.3) is 0 Å². The molecule has 0 spiro atoms. The topological polar surface area (TPSA) is 92.9 Å². The summed E-state index contributed by atoms with van der Waals surface area (Å²) in [4.78, 5) is 23.0. The Kier molecular flexibility index (Phi) is 6.23. The molecule has 0 saturated heterocycles. The number of alkyl halides is 3. The fraction of sp³-hybridized carbons (Fsp3) is 0.278. The van der Waals surface area contributed by atoms with Crippen LogP contribution in [0.3, 0.4) is 0 Å². The van der Waals surface area contributed by atoms with E-state index in [4.69, 9.17) is 10.3 Å². The van der Waals surface area contributed by atoms with E-state index in [1.165, 1.54) is 13.8 Å². The first-order valence-electron chi connectivity index (χ1n) is 8.15. The van der Waals surface area contributed by atoms with Gasteiger partial charge in [-0.15, -0.1) is 0 Å². The highest BCUT2D eigenvalue weighted by atomic mass is 31.2. The molecule has 1 unspecified atom stereocenters. The Morgan fingerprint density at radius 2 is 1.64 bits per heavy atom. The molecule has 0 radical (unpaired) electrons. The second-order valence-electron chi connectivity index (χ2n) is 6.67. The molecule has 0 saturated carbocycles. The summed E-state index contributed by atoms with van der Waals surface area (Å²) < 4.78 is 56.4.